The van der Waals surface area contributed by atoms with Crippen LogP contribution in [0.25, 0.3) is 0 Å². The molecule has 2 aliphatic heterocycles. The molecule has 2 aromatic rings. The van der Waals surface area contributed by atoms with Crippen molar-refractivity contribution in [3.8, 4) is 0 Å². The number of hydrogen-bond donors (Lipinski definition) is 2. The van der Waals surface area contributed by atoms with Gasteiger partial charge in [0.2, 0.25) is 5.95 Å². The summed E-state index contributed by atoms with van der Waals surface area (Å²) in [5.74, 6) is 3.52. The molecule has 6 nitrogen and oxygen atoms in total. The molecule has 1 aromatic heterocycles. The van der Waals surface area contributed by atoms with E-state index < -0.39 is 0 Å². The normalized spacial score (nSPS) is 21.3. The first-order valence-corrected chi connectivity index (χ1v) is 12.1. The van der Waals surface area contributed by atoms with E-state index in [-0.39, 0.29) is 5.82 Å². The van der Waals surface area contributed by atoms with Crippen molar-refractivity contribution < 1.29 is 4.39 Å². The largest absolute Gasteiger partial charge is 0.358 e. The van der Waals surface area contributed by atoms with Crippen LogP contribution in [-0.4, -0.2) is 41.3 Å². The molecule has 3 heterocycles. The van der Waals surface area contributed by atoms with Gasteiger partial charge in [0.05, 0.1) is 0 Å². The highest BCUT2D eigenvalue weighted by Gasteiger charge is 2.23. The fraction of sp³-hybridized carbons (Fsp3) is 0.542. The van der Waals surface area contributed by atoms with E-state index in [2.05, 4.69) is 40.3 Å². The van der Waals surface area contributed by atoms with E-state index in [4.69, 9.17) is 22.2 Å². The minimum absolute atomic E-state index is 0.244. The molecular weight excluding hydrogens is 423 g/mol. The van der Waals surface area contributed by atoms with Crippen LogP contribution in [0.3, 0.4) is 0 Å². The van der Waals surface area contributed by atoms with Crippen LogP contribution in [0, 0.1) is 17.7 Å². The predicted molar refractivity (Wildman–Crippen MR) is 133 cm³/mol. The van der Waals surface area contributed by atoms with Crippen LogP contribution < -0.4 is 20.4 Å². The highest BCUT2D eigenvalue weighted by atomic mass is 32.1. The number of aromatic nitrogens is 2. The van der Waals surface area contributed by atoms with Crippen molar-refractivity contribution in [1.82, 2.24) is 15.3 Å². The lowest BCUT2D eigenvalue weighted by Gasteiger charge is -2.35. The fourth-order valence-electron chi connectivity index (χ4n) is 4.53. The summed E-state index contributed by atoms with van der Waals surface area (Å²) in [5, 5.41) is 6.80. The molecule has 172 valence electrons. The lowest BCUT2D eigenvalue weighted by atomic mass is 10.00. The lowest BCUT2D eigenvalue weighted by molar-refractivity contribution is 0.441. The molecule has 8 heteroatoms. The zero-order chi connectivity index (χ0) is 22.5. The maximum Gasteiger partial charge on any atom is 0.232 e. The molecule has 0 unspecified atom stereocenters. The number of benzene rings is 1. The molecule has 0 radical (unpaired) electrons. The highest BCUT2D eigenvalue weighted by Crippen LogP contribution is 2.28. The molecule has 2 fully saturated rings. The minimum Gasteiger partial charge on any atom is -0.358 e. The van der Waals surface area contributed by atoms with Crippen LogP contribution in [0.4, 0.5) is 22.0 Å². The Morgan fingerprint density at radius 1 is 1.00 bits per heavy atom. The Labute approximate surface area is 195 Å². The van der Waals surface area contributed by atoms with Gasteiger partial charge in [-0.1, -0.05) is 26.0 Å². The topological polar surface area (TPSA) is 56.3 Å². The Hall–Kier alpha value is -2.48. The Bertz CT molecular complexity index is 881. The molecule has 32 heavy (non-hydrogen) atoms. The summed E-state index contributed by atoms with van der Waals surface area (Å²) in [5.41, 5.74) is 0.954. The first-order chi connectivity index (χ1) is 15.5. The maximum absolute atomic E-state index is 13.1. The Balaban J connectivity index is 1.50. The van der Waals surface area contributed by atoms with E-state index >= 15 is 0 Å². The van der Waals surface area contributed by atoms with Crippen LogP contribution in [-0.2, 0) is 6.54 Å². The average Bonchev–Trinajstić information content (AvgIpc) is 2.78. The third kappa shape index (κ3) is 6.06. The number of rotatable bonds is 5. The van der Waals surface area contributed by atoms with Gasteiger partial charge in [-0.3, -0.25) is 0 Å². The molecule has 4 rings (SSSR count). The molecule has 2 saturated heterocycles. The summed E-state index contributed by atoms with van der Waals surface area (Å²) in [6.45, 7) is 9.17. The number of anilines is 3. The summed E-state index contributed by atoms with van der Waals surface area (Å²) in [6, 6.07) is 8.53. The zero-order valence-corrected chi connectivity index (χ0v) is 19.8. The van der Waals surface area contributed by atoms with Gasteiger partial charge in [-0.25, -0.2) is 4.39 Å². The van der Waals surface area contributed by atoms with Gasteiger partial charge < -0.3 is 20.4 Å². The lowest BCUT2D eigenvalue weighted by Crippen LogP contribution is -2.37. The Kier molecular flexibility index (Phi) is 7.40. The second-order valence-electron chi connectivity index (χ2n) is 9.23. The van der Waals surface area contributed by atoms with Gasteiger partial charge in [-0.05, 0) is 67.4 Å². The monoisotopic (exact) mass is 456 g/mol. The zero-order valence-electron chi connectivity index (χ0n) is 19.0. The van der Waals surface area contributed by atoms with Crippen LogP contribution in [0.2, 0.25) is 0 Å². The quantitative estimate of drug-likeness (QED) is 0.639. The van der Waals surface area contributed by atoms with Gasteiger partial charge >= 0.3 is 0 Å². The van der Waals surface area contributed by atoms with Gasteiger partial charge in [-0.15, -0.1) is 0 Å². The number of hydrogen-bond acceptors (Lipinski definition) is 5. The van der Waals surface area contributed by atoms with E-state index in [0.29, 0.717) is 29.4 Å². The number of piperidine rings is 2. The van der Waals surface area contributed by atoms with Gasteiger partial charge in [-0.2, -0.15) is 9.97 Å². The first-order valence-electron chi connectivity index (χ1n) is 11.6. The second-order valence-corrected chi connectivity index (χ2v) is 9.64. The summed E-state index contributed by atoms with van der Waals surface area (Å²) >= 11 is 5.49. The molecular formula is C24H33FN6S. The van der Waals surface area contributed by atoms with E-state index in [1.165, 1.54) is 37.8 Å². The van der Waals surface area contributed by atoms with Crippen molar-refractivity contribution in [3.05, 3.63) is 41.7 Å². The molecule has 2 aliphatic rings. The van der Waals surface area contributed by atoms with Crippen molar-refractivity contribution in [2.75, 3.05) is 41.3 Å². The van der Waals surface area contributed by atoms with E-state index in [9.17, 15) is 4.39 Å². The van der Waals surface area contributed by atoms with Gasteiger partial charge in [0, 0.05) is 38.8 Å². The van der Waals surface area contributed by atoms with Crippen LogP contribution in [0.1, 0.15) is 45.1 Å². The molecule has 2 N–H and O–H groups in total. The molecule has 0 bridgehead atoms. The summed E-state index contributed by atoms with van der Waals surface area (Å²) in [7, 11) is 0. The van der Waals surface area contributed by atoms with E-state index in [1.807, 2.05) is 0 Å². The van der Waals surface area contributed by atoms with Crippen LogP contribution in [0.15, 0.2) is 30.3 Å². The molecule has 0 aliphatic carbocycles. The standard InChI is InChI=1S/C24H33FN6S/c1-17-5-3-11-30(15-17)21-13-22(31-12-4-6-18(2)16-31)28-23(27-21)29-24(32)26-14-19-7-9-20(25)10-8-19/h7-10,13,17-18H,3-6,11-12,14-16H2,1-2H3,(H2,26,27,28,29,32)/t17-,18-/m1/s1. The number of halogens is 1. The van der Waals surface area contributed by atoms with Crippen molar-refractivity contribution in [2.45, 2.75) is 46.1 Å². The summed E-state index contributed by atoms with van der Waals surface area (Å²) < 4.78 is 13.1. The van der Waals surface area contributed by atoms with E-state index in [1.54, 1.807) is 12.1 Å². The minimum atomic E-state index is -0.244. The molecule has 0 spiro atoms. The highest BCUT2D eigenvalue weighted by molar-refractivity contribution is 7.80. The van der Waals surface area contributed by atoms with E-state index in [0.717, 1.165) is 43.4 Å². The van der Waals surface area contributed by atoms with Crippen LogP contribution in [0.5, 0.6) is 0 Å². The average molecular weight is 457 g/mol. The van der Waals surface area contributed by atoms with Crippen LogP contribution >= 0.6 is 12.2 Å². The first kappa shape index (κ1) is 22.7. The molecule has 0 amide bonds. The summed E-state index contributed by atoms with van der Waals surface area (Å²) in [4.78, 5) is 14.4. The third-order valence-corrected chi connectivity index (χ3v) is 6.50. The van der Waals surface area contributed by atoms with Gasteiger partial charge in [0.1, 0.15) is 17.5 Å². The number of nitrogens with one attached hydrogen (secondary N) is 2. The molecule has 0 saturated carbocycles. The summed E-state index contributed by atoms with van der Waals surface area (Å²) in [6.07, 6.45) is 4.89. The molecule has 2 atom stereocenters. The van der Waals surface area contributed by atoms with Gasteiger partial charge in [0.25, 0.3) is 0 Å². The van der Waals surface area contributed by atoms with Crippen molar-refractivity contribution in [2.24, 2.45) is 11.8 Å². The second kappa shape index (κ2) is 10.4. The maximum atomic E-state index is 13.1. The number of thiocarbonyl (C=S) groups is 1. The fourth-order valence-corrected chi connectivity index (χ4v) is 4.69. The predicted octanol–water partition coefficient (Wildman–Crippen LogP) is 4.57. The van der Waals surface area contributed by atoms with Crippen molar-refractivity contribution in [3.63, 3.8) is 0 Å². The number of nitrogens with zero attached hydrogens (tertiary/aromatic N) is 4. The Morgan fingerprint density at radius 2 is 1.56 bits per heavy atom. The SMILES string of the molecule is C[C@@H]1CCCN(c2cc(N3CCC[C@@H](C)C3)nc(NC(=S)NCc3ccc(F)cc3)n2)C1. The van der Waals surface area contributed by atoms with Crippen molar-refractivity contribution >= 4 is 34.9 Å². The third-order valence-electron chi connectivity index (χ3n) is 6.25. The van der Waals surface area contributed by atoms with Crippen molar-refractivity contribution in [1.29, 1.82) is 0 Å². The van der Waals surface area contributed by atoms with Gasteiger partial charge in [0.15, 0.2) is 5.11 Å². The molecule has 1 aromatic carbocycles. The Morgan fingerprint density at radius 3 is 2.09 bits per heavy atom. The smallest absolute Gasteiger partial charge is 0.232 e.